The highest BCUT2D eigenvalue weighted by Gasteiger charge is 2.17. The van der Waals surface area contributed by atoms with Crippen molar-refractivity contribution in [1.29, 1.82) is 0 Å². The molecule has 1 aromatic carbocycles. The Hall–Kier alpha value is -2.47. The van der Waals surface area contributed by atoms with E-state index in [0.717, 1.165) is 30.7 Å². The SMILES string of the molecule is Cc1cccc(Nc2ncc(C(=O)NCC3CCCO3)cn2)c1C. The van der Waals surface area contributed by atoms with Gasteiger partial charge in [-0.15, -0.1) is 0 Å². The molecule has 1 aliphatic heterocycles. The minimum atomic E-state index is -0.177. The standard InChI is InChI=1S/C18H22N4O2/c1-12-5-3-7-16(13(12)2)22-18-20-9-14(10-21-18)17(23)19-11-15-6-4-8-24-15/h3,5,7,9-10,15H,4,6,8,11H2,1-2H3,(H,19,23)(H,20,21,22). The summed E-state index contributed by atoms with van der Waals surface area (Å²) >= 11 is 0. The molecule has 2 heterocycles. The van der Waals surface area contributed by atoms with Gasteiger partial charge in [0.15, 0.2) is 0 Å². The largest absolute Gasteiger partial charge is 0.376 e. The van der Waals surface area contributed by atoms with Crippen LogP contribution in [0.5, 0.6) is 0 Å². The van der Waals surface area contributed by atoms with Crippen LogP contribution in [0.2, 0.25) is 0 Å². The van der Waals surface area contributed by atoms with Crippen LogP contribution in [0.25, 0.3) is 0 Å². The Morgan fingerprint density at radius 2 is 2.08 bits per heavy atom. The quantitative estimate of drug-likeness (QED) is 0.883. The Balaban J connectivity index is 1.60. The number of rotatable bonds is 5. The van der Waals surface area contributed by atoms with Crippen LogP contribution >= 0.6 is 0 Å². The molecule has 1 fully saturated rings. The van der Waals surface area contributed by atoms with Gasteiger partial charge in [-0.05, 0) is 43.9 Å². The lowest BCUT2D eigenvalue weighted by molar-refractivity contribution is 0.0857. The summed E-state index contributed by atoms with van der Waals surface area (Å²) in [7, 11) is 0. The third kappa shape index (κ3) is 3.89. The molecule has 0 saturated carbocycles. The molecule has 0 bridgehead atoms. The lowest BCUT2D eigenvalue weighted by atomic mass is 10.1. The van der Waals surface area contributed by atoms with Crippen LogP contribution in [-0.4, -0.2) is 35.1 Å². The predicted octanol–water partition coefficient (Wildman–Crippen LogP) is 2.75. The predicted molar refractivity (Wildman–Crippen MR) is 92.5 cm³/mol. The van der Waals surface area contributed by atoms with Crippen molar-refractivity contribution in [2.24, 2.45) is 0 Å². The molecule has 1 saturated heterocycles. The number of amides is 1. The molecule has 0 spiro atoms. The van der Waals surface area contributed by atoms with Crippen LogP contribution in [-0.2, 0) is 4.74 Å². The molecular formula is C18H22N4O2. The third-order valence-electron chi connectivity index (χ3n) is 4.28. The lowest BCUT2D eigenvalue weighted by Gasteiger charge is -2.11. The van der Waals surface area contributed by atoms with Gasteiger partial charge in [0.05, 0.1) is 11.7 Å². The molecule has 1 amide bonds. The minimum Gasteiger partial charge on any atom is -0.376 e. The highest BCUT2D eigenvalue weighted by molar-refractivity contribution is 5.93. The summed E-state index contributed by atoms with van der Waals surface area (Å²) in [5.41, 5.74) is 3.76. The first kappa shape index (κ1) is 16.4. The second-order valence-electron chi connectivity index (χ2n) is 6.01. The van der Waals surface area contributed by atoms with Crippen LogP contribution < -0.4 is 10.6 Å². The zero-order valence-corrected chi connectivity index (χ0v) is 14.0. The average Bonchev–Trinajstić information content (AvgIpc) is 3.11. The maximum atomic E-state index is 12.1. The topological polar surface area (TPSA) is 76.1 Å². The molecule has 1 unspecified atom stereocenters. The highest BCUT2D eigenvalue weighted by atomic mass is 16.5. The summed E-state index contributed by atoms with van der Waals surface area (Å²) in [6.07, 6.45) is 5.24. The lowest BCUT2D eigenvalue weighted by Crippen LogP contribution is -2.31. The number of anilines is 2. The van der Waals surface area contributed by atoms with E-state index in [4.69, 9.17) is 4.74 Å². The smallest absolute Gasteiger partial charge is 0.254 e. The van der Waals surface area contributed by atoms with E-state index < -0.39 is 0 Å². The molecule has 3 rings (SSSR count). The van der Waals surface area contributed by atoms with Crippen molar-refractivity contribution in [3.8, 4) is 0 Å². The number of aromatic nitrogens is 2. The van der Waals surface area contributed by atoms with Gasteiger partial charge in [0.1, 0.15) is 0 Å². The molecule has 0 radical (unpaired) electrons. The van der Waals surface area contributed by atoms with Crippen LogP contribution in [0, 0.1) is 13.8 Å². The van der Waals surface area contributed by atoms with E-state index in [1.165, 1.54) is 18.0 Å². The fraction of sp³-hybridized carbons (Fsp3) is 0.389. The fourth-order valence-electron chi connectivity index (χ4n) is 2.63. The fourth-order valence-corrected chi connectivity index (χ4v) is 2.63. The van der Waals surface area contributed by atoms with Gasteiger partial charge in [0, 0.05) is 31.2 Å². The highest BCUT2D eigenvalue weighted by Crippen LogP contribution is 2.20. The van der Waals surface area contributed by atoms with E-state index >= 15 is 0 Å². The van der Waals surface area contributed by atoms with Gasteiger partial charge >= 0.3 is 0 Å². The average molecular weight is 326 g/mol. The molecule has 126 valence electrons. The molecule has 0 aliphatic carbocycles. The van der Waals surface area contributed by atoms with E-state index in [1.807, 2.05) is 19.1 Å². The van der Waals surface area contributed by atoms with Crippen molar-refractivity contribution in [3.05, 3.63) is 47.3 Å². The second-order valence-corrected chi connectivity index (χ2v) is 6.01. The number of ether oxygens (including phenoxy) is 1. The van der Waals surface area contributed by atoms with Crippen molar-refractivity contribution in [3.63, 3.8) is 0 Å². The third-order valence-corrected chi connectivity index (χ3v) is 4.28. The van der Waals surface area contributed by atoms with E-state index in [-0.39, 0.29) is 12.0 Å². The summed E-state index contributed by atoms with van der Waals surface area (Å²) in [5, 5.41) is 6.04. The van der Waals surface area contributed by atoms with Gasteiger partial charge < -0.3 is 15.4 Å². The number of carbonyl (C=O) groups excluding carboxylic acids is 1. The monoisotopic (exact) mass is 326 g/mol. The number of carbonyl (C=O) groups is 1. The van der Waals surface area contributed by atoms with Crippen LogP contribution in [0.1, 0.15) is 34.3 Å². The number of hydrogen-bond acceptors (Lipinski definition) is 5. The maximum absolute atomic E-state index is 12.1. The van der Waals surface area contributed by atoms with Crippen molar-refractivity contribution >= 4 is 17.5 Å². The minimum absolute atomic E-state index is 0.125. The second kappa shape index (κ2) is 7.40. The van der Waals surface area contributed by atoms with Gasteiger partial charge in [-0.3, -0.25) is 4.79 Å². The number of nitrogens with zero attached hydrogens (tertiary/aromatic N) is 2. The number of benzene rings is 1. The molecule has 1 aromatic heterocycles. The van der Waals surface area contributed by atoms with Gasteiger partial charge in [-0.25, -0.2) is 9.97 Å². The van der Waals surface area contributed by atoms with Crippen molar-refractivity contribution < 1.29 is 9.53 Å². The molecule has 1 atom stereocenters. The van der Waals surface area contributed by atoms with E-state index in [2.05, 4.69) is 33.6 Å². The van der Waals surface area contributed by atoms with Crippen molar-refractivity contribution in [1.82, 2.24) is 15.3 Å². The Bertz CT molecular complexity index is 709. The summed E-state index contributed by atoms with van der Waals surface area (Å²) < 4.78 is 5.49. The van der Waals surface area contributed by atoms with E-state index in [0.29, 0.717) is 18.1 Å². The van der Waals surface area contributed by atoms with Crippen LogP contribution in [0.15, 0.2) is 30.6 Å². The summed E-state index contributed by atoms with van der Waals surface area (Å²) in [6, 6.07) is 6.02. The molecule has 24 heavy (non-hydrogen) atoms. The molecular weight excluding hydrogens is 304 g/mol. The molecule has 6 nitrogen and oxygen atoms in total. The first-order valence-corrected chi connectivity index (χ1v) is 8.18. The van der Waals surface area contributed by atoms with Crippen LogP contribution in [0.4, 0.5) is 11.6 Å². The summed E-state index contributed by atoms with van der Waals surface area (Å²) in [4.78, 5) is 20.6. The Labute approximate surface area is 141 Å². The first-order valence-electron chi connectivity index (χ1n) is 8.18. The molecule has 1 aliphatic rings. The number of hydrogen-bond donors (Lipinski definition) is 2. The summed E-state index contributed by atoms with van der Waals surface area (Å²) in [6.45, 7) is 5.41. The van der Waals surface area contributed by atoms with Crippen molar-refractivity contribution in [2.75, 3.05) is 18.5 Å². The maximum Gasteiger partial charge on any atom is 0.254 e. The zero-order chi connectivity index (χ0) is 16.9. The Morgan fingerprint density at radius 3 is 2.79 bits per heavy atom. The van der Waals surface area contributed by atoms with Crippen LogP contribution in [0.3, 0.4) is 0 Å². The Kier molecular flexibility index (Phi) is 5.05. The van der Waals surface area contributed by atoms with Gasteiger partial charge in [-0.2, -0.15) is 0 Å². The molecule has 2 N–H and O–H groups in total. The molecule has 2 aromatic rings. The van der Waals surface area contributed by atoms with E-state index in [9.17, 15) is 4.79 Å². The van der Waals surface area contributed by atoms with E-state index in [1.54, 1.807) is 0 Å². The van der Waals surface area contributed by atoms with Gasteiger partial charge in [0.2, 0.25) is 5.95 Å². The Morgan fingerprint density at radius 1 is 1.29 bits per heavy atom. The number of aryl methyl sites for hydroxylation is 1. The van der Waals surface area contributed by atoms with Gasteiger partial charge in [0.25, 0.3) is 5.91 Å². The normalized spacial score (nSPS) is 16.8. The summed E-state index contributed by atoms with van der Waals surface area (Å²) in [5.74, 6) is 0.295. The van der Waals surface area contributed by atoms with Crippen molar-refractivity contribution in [2.45, 2.75) is 32.8 Å². The first-order chi connectivity index (χ1) is 11.6. The zero-order valence-electron chi connectivity index (χ0n) is 14.0. The molecule has 6 heteroatoms. The number of nitrogens with one attached hydrogen (secondary N) is 2. The van der Waals surface area contributed by atoms with Gasteiger partial charge in [-0.1, -0.05) is 12.1 Å².